The molecule has 4 rings (SSSR count). The lowest BCUT2D eigenvalue weighted by Crippen LogP contribution is -2.30. The summed E-state index contributed by atoms with van der Waals surface area (Å²) in [6, 6.07) is 6.03. The fourth-order valence-corrected chi connectivity index (χ4v) is 4.91. The van der Waals surface area contributed by atoms with Crippen LogP contribution in [0.1, 0.15) is 35.5 Å². The van der Waals surface area contributed by atoms with E-state index in [1.807, 2.05) is 0 Å². The summed E-state index contributed by atoms with van der Waals surface area (Å²) in [5.41, 5.74) is 3.84. The molecule has 0 saturated heterocycles. The van der Waals surface area contributed by atoms with Crippen molar-refractivity contribution in [3.63, 3.8) is 0 Å². The Morgan fingerprint density at radius 2 is 2.00 bits per heavy atom. The number of nitrogens with one attached hydrogen (secondary N) is 1. The quantitative estimate of drug-likeness (QED) is 0.714. The highest BCUT2D eigenvalue weighted by Gasteiger charge is 2.31. The van der Waals surface area contributed by atoms with Crippen LogP contribution in [0.5, 0.6) is 5.75 Å². The number of nitrogens with zero attached hydrogens (tertiary/aromatic N) is 2. The van der Waals surface area contributed by atoms with E-state index in [4.69, 9.17) is 0 Å². The highest BCUT2D eigenvalue weighted by Crippen LogP contribution is 2.27. The molecule has 0 saturated carbocycles. The first-order valence-electron chi connectivity index (χ1n) is 10.3. The molecule has 2 aliphatic heterocycles. The van der Waals surface area contributed by atoms with Crippen LogP contribution in [-0.2, 0) is 18.6 Å². The number of ether oxygens (including phenoxy) is 1. The molecule has 2 aliphatic rings. The molecule has 0 atom stereocenters. The van der Waals surface area contributed by atoms with E-state index in [9.17, 15) is 18.0 Å². The van der Waals surface area contributed by atoms with E-state index in [-0.39, 0.29) is 11.3 Å². The third-order valence-electron chi connectivity index (χ3n) is 5.52. The van der Waals surface area contributed by atoms with Crippen LogP contribution < -0.4 is 10.3 Å². The van der Waals surface area contributed by atoms with Gasteiger partial charge in [0.2, 0.25) is 0 Å². The Balaban J connectivity index is 1.27. The Morgan fingerprint density at radius 1 is 1.19 bits per heavy atom. The predicted octanol–water partition coefficient (Wildman–Crippen LogP) is 4.18. The van der Waals surface area contributed by atoms with Crippen LogP contribution in [0.15, 0.2) is 35.1 Å². The third kappa shape index (κ3) is 5.92. The molecule has 1 aromatic carbocycles. The zero-order valence-corrected chi connectivity index (χ0v) is 17.8. The summed E-state index contributed by atoms with van der Waals surface area (Å²) in [6.07, 6.45) is 0.796. The third-order valence-corrected chi connectivity index (χ3v) is 6.51. The molecule has 2 aromatic rings. The predicted molar refractivity (Wildman–Crippen MR) is 115 cm³/mol. The van der Waals surface area contributed by atoms with Crippen LogP contribution in [0.3, 0.4) is 0 Å². The molecule has 0 spiro atoms. The molecule has 0 aliphatic carbocycles. The summed E-state index contributed by atoms with van der Waals surface area (Å²) >= 11 is 1.77. The van der Waals surface area contributed by atoms with Crippen LogP contribution in [0.4, 0.5) is 13.2 Å². The largest absolute Gasteiger partial charge is 0.573 e. The van der Waals surface area contributed by atoms with Gasteiger partial charge in [-0.2, -0.15) is 11.8 Å². The Morgan fingerprint density at radius 3 is 2.71 bits per heavy atom. The Bertz CT molecular complexity index is 1000. The summed E-state index contributed by atoms with van der Waals surface area (Å²) in [4.78, 5) is 22.1. The van der Waals surface area contributed by atoms with Gasteiger partial charge in [-0.25, -0.2) is 4.98 Å². The van der Waals surface area contributed by atoms with Crippen LogP contribution in [0.25, 0.3) is 5.57 Å². The molecule has 31 heavy (non-hydrogen) atoms. The Hall–Kier alpha value is -2.26. The fraction of sp³-hybridized carbons (Fsp3) is 0.455. The first-order valence-corrected chi connectivity index (χ1v) is 11.5. The zero-order chi connectivity index (χ0) is 21.8. The normalized spacial score (nSPS) is 17.2. The highest BCUT2D eigenvalue weighted by atomic mass is 32.2. The molecule has 9 heteroatoms. The topological polar surface area (TPSA) is 58.2 Å². The lowest BCUT2D eigenvalue weighted by Gasteiger charge is -2.26. The van der Waals surface area contributed by atoms with Crippen LogP contribution in [-0.4, -0.2) is 46.6 Å². The molecular formula is C22H24F3N3O2S. The number of thioether (sulfide) groups is 1. The summed E-state index contributed by atoms with van der Waals surface area (Å²) in [7, 11) is 0. The second-order valence-electron chi connectivity index (χ2n) is 7.70. The van der Waals surface area contributed by atoms with Gasteiger partial charge in [0.25, 0.3) is 5.56 Å². The maximum atomic E-state index is 12.3. The van der Waals surface area contributed by atoms with Crippen molar-refractivity contribution >= 4 is 17.3 Å². The van der Waals surface area contributed by atoms with E-state index in [1.54, 1.807) is 23.9 Å². The lowest BCUT2D eigenvalue weighted by molar-refractivity contribution is -0.274. The van der Waals surface area contributed by atoms with Gasteiger partial charge in [-0.1, -0.05) is 18.2 Å². The standard InChI is InChI=1S/C22H24F3N3O2S/c23-22(24,25)30-17-5-3-15(4-6-17)16-7-11-28(12-8-16)10-1-2-20-26-19-9-13-31-14-18(19)21(29)27-20/h3-7H,1-2,8-14H2,(H,26,27,29). The number of halogens is 3. The molecule has 0 bridgehead atoms. The minimum absolute atomic E-state index is 0.00407. The first-order chi connectivity index (χ1) is 14.9. The van der Waals surface area contributed by atoms with Gasteiger partial charge in [0, 0.05) is 30.8 Å². The van der Waals surface area contributed by atoms with Crippen LogP contribution in [0, 0.1) is 0 Å². The van der Waals surface area contributed by atoms with Crippen LogP contribution >= 0.6 is 11.8 Å². The molecule has 5 nitrogen and oxygen atoms in total. The van der Waals surface area contributed by atoms with Crippen molar-refractivity contribution in [3.05, 3.63) is 63.3 Å². The van der Waals surface area contributed by atoms with Crippen molar-refractivity contribution in [2.75, 3.05) is 25.4 Å². The summed E-state index contributed by atoms with van der Waals surface area (Å²) < 4.78 is 40.8. The number of rotatable bonds is 6. The van der Waals surface area contributed by atoms with E-state index in [0.717, 1.165) is 85.0 Å². The molecule has 0 amide bonds. The number of benzene rings is 1. The second kappa shape index (κ2) is 9.48. The number of hydrogen-bond acceptors (Lipinski definition) is 5. The van der Waals surface area contributed by atoms with Crippen molar-refractivity contribution in [2.45, 2.75) is 37.8 Å². The number of fused-ring (bicyclic) bond motifs is 1. The molecule has 3 heterocycles. The SMILES string of the molecule is O=c1[nH]c(CCCN2CC=C(c3ccc(OC(F)(F)F)cc3)CC2)nc2c1CSCC2. The van der Waals surface area contributed by atoms with Gasteiger partial charge in [0.1, 0.15) is 11.6 Å². The van der Waals surface area contributed by atoms with Crippen molar-refractivity contribution in [1.29, 1.82) is 0 Å². The van der Waals surface area contributed by atoms with Gasteiger partial charge in [0.15, 0.2) is 0 Å². The number of H-pyrrole nitrogens is 1. The zero-order valence-electron chi connectivity index (χ0n) is 17.0. The average molecular weight is 452 g/mol. The smallest absolute Gasteiger partial charge is 0.406 e. The molecular weight excluding hydrogens is 427 g/mol. The number of hydrogen-bond donors (Lipinski definition) is 1. The van der Waals surface area contributed by atoms with Gasteiger partial charge in [0.05, 0.1) is 5.69 Å². The monoisotopic (exact) mass is 451 g/mol. The van der Waals surface area contributed by atoms with Gasteiger partial charge in [-0.15, -0.1) is 13.2 Å². The highest BCUT2D eigenvalue weighted by molar-refractivity contribution is 7.98. The number of aromatic nitrogens is 2. The summed E-state index contributed by atoms with van der Waals surface area (Å²) in [5, 5.41) is 0. The number of aromatic amines is 1. The van der Waals surface area contributed by atoms with Crippen molar-refractivity contribution < 1.29 is 17.9 Å². The Kier molecular flexibility index (Phi) is 6.71. The second-order valence-corrected chi connectivity index (χ2v) is 8.80. The fourth-order valence-electron chi connectivity index (χ4n) is 3.93. The van der Waals surface area contributed by atoms with Gasteiger partial charge in [-0.3, -0.25) is 9.69 Å². The number of alkyl halides is 3. The van der Waals surface area contributed by atoms with E-state index < -0.39 is 6.36 Å². The molecule has 1 N–H and O–H groups in total. The molecule has 166 valence electrons. The Labute approximate surface area is 182 Å². The molecule has 0 fully saturated rings. The average Bonchev–Trinajstić information content (AvgIpc) is 2.74. The molecule has 1 aromatic heterocycles. The first kappa shape index (κ1) is 22.0. The maximum absolute atomic E-state index is 12.3. The minimum atomic E-state index is -4.67. The lowest BCUT2D eigenvalue weighted by atomic mass is 9.99. The van der Waals surface area contributed by atoms with Gasteiger partial charge < -0.3 is 9.72 Å². The molecule has 0 unspecified atom stereocenters. The van der Waals surface area contributed by atoms with E-state index in [1.165, 1.54) is 12.1 Å². The van der Waals surface area contributed by atoms with E-state index in [2.05, 4.69) is 25.7 Å². The van der Waals surface area contributed by atoms with Crippen LogP contribution in [0.2, 0.25) is 0 Å². The van der Waals surface area contributed by atoms with Crippen molar-refractivity contribution in [1.82, 2.24) is 14.9 Å². The minimum Gasteiger partial charge on any atom is -0.406 e. The number of aryl methyl sites for hydroxylation is 2. The van der Waals surface area contributed by atoms with E-state index in [0.29, 0.717) is 0 Å². The van der Waals surface area contributed by atoms with Crippen molar-refractivity contribution in [2.24, 2.45) is 0 Å². The van der Waals surface area contributed by atoms with Crippen molar-refractivity contribution in [3.8, 4) is 5.75 Å². The van der Waals surface area contributed by atoms with E-state index >= 15 is 0 Å². The molecule has 0 radical (unpaired) electrons. The maximum Gasteiger partial charge on any atom is 0.573 e. The van der Waals surface area contributed by atoms with Gasteiger partial charge >= 0.3 is 6.36 Å². The summed E-state index contributed by atoms with van der Waals surface area (Å²) in [6.45, 7) is 2.58. The van der Waals surface area contributed by atoms with Gasteiger partial charge in [-0.05, 0) is 54.8 Å². The summed E-state index contributed by atoms with van der Waals surface area (Å²) in [5.74, 6) is 2.33.